The van der Waals surface area contributed by atoms with E-state index in [0.717, 1.165) is 0 Å². The average molecular weight is 1030 g/mol. The Labute approximate surface area is 473 Å². The first-order chi connectivity index (χ1) is 40.7. The van der Waals surface area contributed by atoms with Crippen LogP contribution >= 0.6 is 0 Å². The number of hydrogen-bond donors (Lipinski definition) is 0. The van der Waals surface area contributed by atoms with Crippen LogP contribution in [0.2, 0.25) is 0 Å². The molecule has 0 bridgehead atoms. The topological polar surface area (TPSA) is 0 Å². The molecular weight excluding hydrogens is 985 g/mol. The summed E-state index contributed by atoms with van der Waals surface area (Å²) in [7, 11) is 0. The highest BCUT2D eigenvalue weighted by Gasteiger charge is 2.32. The highest BCUT2D eigenvalue weighted by molar-refractivity contribution is 6.49. The van der Waals surface area contributed by atoms with Gasteiger partial charge >= 0.3 is 0 Å². The fraction of sp³-hybridized carbons (Fsp3) is 0. The first-order valence-corrected chi connectivity index (χ1v) is 28.7. The molecule has 0 atom stereocenters. The normalized spacial score (nSPS) is 12.4. The largest absolute Gasteiger partial charge is 0.0622 e. The molecule has 0 heterocycles. The van der Waals surface area contributed by atoms with Gasteiger partial charge in [-0.2, -0.15) is 0 Å². The summed E-state index contributed by atoms with van der Waals surface area (Å²) in [5.74, 6) is 0. The molecule has 0 spiro atoms. The molecule has 0 amide bonds. The van der Waals surface area contributed by atoms with Crippen molar-refractivity contribution in [2.24, 2.45) is 0 Å². The third kappa shape index (κ3) is 5.85. The van der Waals surface area contributed by atoms with Crippen LogP contribution in [0.1, 0.15) is 0 Å². The summed E-state index contributed by atoms with van der Waals surface area (Å²) in [6.07, 6.45) is 0. The van der Waals surface area contributed by atoms with E-state index in [9.17, 15) is 0 Å². The van der Waals surface area contributed by atoms with Gasteiger partial charge in [0.2, 0.25) is 0 Å². The quantitative estimate of drug-likeness (QED) is 0.115. The van der Waals surface area contributed by atoms with Gasteiger partial charge in [0.1, 0.15) is 0 Å². The zero-order valence-corrected chi connectivity index (χ0v) is 44.6. The van der Waals surface area contributed by atoms with Crippen LogP contribution < -0.4 is 0 Å². The van der Waals surface area contributed by atoms with Crippen molar-refractivity contribution in [3.05, 3.63) is 279 Å². The molecule has 82 heavy (non-hydrogen) atoms. The Kier molecular flexibility index (Phi) is 8.88. The molecular formula is C82H46. The highest BCUT2D eigenvalue weighted by Crippen LogP contribution is 2.60. The summed E-state index contributed by atoms with van der Waals surface area (Å²) in [5, 5.41) is 26.4. The smallest absolute Gasteiger partial charge is 0.000718 e. The third-order valence-corrected chi connectivity index (χ3v) is 18.8. The lowest BCUT2D eigenvalue weighted by atomic mass is 9.84. The number of hydrogen-bond acceptors (Lipinski definition) is 0. The highest BCUT2D eigenvalue weighted by atomic mass is 14.3. The van der Waals surface area contributed by atoms with Crippen LogP contribution in [0.3, 0.4) is 0 Å². The number of rotatable bonds is 6. The Balaban J connectivity index is 0.928. The molecule has 0 heteroatoms. The SMILES string of the molecule is c1ccc(-c2cccc(-c3ccc(-c4cccc(-c5ccccc5)c4)c4c3-c3ccc5c6ccc7c8c(-c9ccccc9)c9cc%10c%11ccccc%11c%11cccc(c9c(-c9ccccc9)c8c8ccc(c9ccc-4c3c59)c6c78)c%11%10)c2)cc1. The van der Waals surface area contributed by atoms with Crippen LogP contribution in [0.15, 0.2) is 279 Å². The predicted molar refractivity (Wildman–Crippen MR) is 352 cm³/mol. The van der Waals surface area contributed by atoms with Gasteiger partial charge < -0.3 is 0 Å². The van der Waals surface area contributed by atoms with Crippen LogP contribution in [0.4, 0.5) is 0 Å². The van der Waals surface area contributed by atoms with E-state index in [0.29, 0.717) is 0 Å². The lowest BCUT2D eigenvalue weighted by Crippen LogP contribution is -1.91. The van der Waals surface area contributed by atoms with Crippen molar-refractivity contribution in [1.29, 1.82) is 0 Å². The lowest BCUT2D eigenvalue weighted by molar-refractivity contribution is 1.57. The van der Waals surface area contributed by atoms with Gasteiger partial charge in [0.05, 0.1) is 0 Å². The van der Waals surface area contributed by atoms with Gasteiger partial charge in [-0.1, -0.05) is 261 Å². The second-order valence-corrected chi connectivity index (χ2v) is 22.8. The number of benzene rings is 16. The maximum absolute atomic E-state index is 2.55. The standard InChI is InChI=1S/C82H46/c1-5-18-47(19-6-1)51-26-15-28-53(44-51)55-34-35-56(54-29-16-27-52(45-54)48-20-7-2-8-21-48)75-66-41-37-61-63-39-43-68-79-67(42-38-62(77(63)79)60-36-40-65(74(55)75)78(66)76(60)61)81-71(49-22-9-3-10-23-49)70-46-69-58-31-14-13-30-57(58)59-32-17-33-64(73(59)69)80(70)72(82(68)81)50-24-11-4-12-25-50/h1-46H. The van der Waals surface area contributed by atoms with E-state index < -0.39 is 0 Å². The molecule has 0 aliphatic heterocycles. The average Bonchev–Trinajstić information content (AvgIpc) is 2.63. The summed E-state index contributed by atoms with van der Waals surface area (Å²) >= 11 is 0. The molecule has 1 aliphatic carbocycles. The molecule has 0 nitrogen and oxygen atoms in total. The minimum absolute atomic E-state index is 1.22. The van der Waals surface area contributed by atoms with Crippen LogP contribution in [0, 0.1) is 0 Å². The monoisotopic (exact) mass is 1030 g/mol. The summed E-state index contributed by atoms with van der Waals surface area (Å²) in [6, 6.07) is 105. The third-order valence-electron chi connectivity index (χ3n) is 18.8. The molecule has 0 fully saturated rings. The number of fused-ring (bicyclic) bond motifs is 13. The molecule has 1 aliphatic rings. The van der Waals surface area contributed by atoms with Crippen LogP contribution in [0.25, 0.3) is 197 Å². The van der Waals surface area contributed by atoms with Crippen LogP contribution in [-0.4, -0.2) is 0 Å². The van der Waals surface area contributed by atoms with Crippen molar-refractivity contribution in [3.63, 3.8) is 0 Å². The Morgan fingerprint density at radius 2 is 0.463 bits per heavy atom. The molecule has 374 valence electrons. The summed E-state index contributed by atoms with van der Waals surface area (Å²) < 4.78 is 0. The zero-order chi connectivity index (χ0) is 53.3. The van der Waals surface area contributed by atoms with Crippen molar-refractivity contribution >= 4 is 108 Å². The molecule has 0 radical (unpaired) electrons. The van der Waals surface area contributed by atoms with Gasteiger partial charge in [0, 0.05) is 0 Å². The minimum Gasteiger partial charge on any atom is -0.0622 e. The second kappa shape index (κ2) is 16.5. The Bertz CT molecular complexity index is 5530. The molecule has 0 N–H and O–H groups in total. The molecule has 0 unspecified atom stereocenters. The van der Waals surface area contributed by atoms with Gasteiger partial charge in [0.15, 0.2) is 0 Å². The van der Waals surface area contributed by atoms with Crippen molar-refractivity contribution < 1.29 is 0 Å². The van der Waals surface area contributed by atoms with Crippen molar-refractivity contribution in [3.8, 4) is 89.0 Å². The second-order valence-electron chi connectivity index (χ2n) is 22.8. The Morgan fingerprint density at radius 1 is 0.122 bits per heavy atom. The fourth-order valence-corrected chi connectivity index (χ4v) is 15.5. The predicted octanol–water partition coefficient (Wildman–Crippen LogP) is 23.2. The van der Waals surface area contributed by atoms with E-state index in [1.54, 1.807) is 0 Å². The first-order valence-electron chi connectivity index (χ1n) is 28.7. The van der Waals surface area contributed by atoms with Gasteiger partial charge in [-0.05, 0) is 215 Å². The molecule has 19 rings (SSSR count). The maximum Gasteiger partial charge on any atom is -0.000718 e. The van der Waals surface area contributed by atoms with Gasteiger partial charge in [-0.3, -0.25) is 0 Å². The molecule has 0 aromatic heterocycles. The van der Waals surface area contributed by atoms with E-state index in [2.05, 4.69) is 279 Å². The van der Waals surface area contributed by atoms with Crippen LogP contribution in [0.5, 0.6) is 0 Å². The zero-order valence-electron chi connectivity index (χ0n) is 44.6. The summed E-state index contributed by atoms with van der Waals surface area (Å²) in [4.78, 5) is 0. The van der Waals surface area contributed by atoms with E-state index in [4.69, 9.17) is 0 Å². The van der Waals surface area contributed by atoms with Crippen molar-refractivity contribution in [1.82, 2.24) is 0 Å². The summed E-state index contributed by atoms with van der Waals surface area (Å²) in [5.41, 5.74) is 20.1. The van der Waals surface area contributed by atoms with E-state index in [-0.39, 0.29) is 0 Å². The van der Waals surface area contributed by atoms with Gasteiger partial charge in [0.25, 0.3) is 0 Å². The Morgan fingerprint density at radius 3 is 1.01 bits per heavy atom. The molecule has 18 aromatic rings. The van der Waals surface area contributed by atoms with E-state index in [1.165, 1.54) is 197 Å². The molecule has 0 saturated carbocycles. The van der Waals surface area contributed by atoms with Crippen LogP contribution in [-0.2, 0) is 0 Å². The minimum atomic E-state index is 1.22. The molecule has 0 saturated heterocycles. The van der Waals surface area contributed by atoms with E-state index >= 15 is 0 Å². The first kappa shape index (κ1) is 44.2. The fourth-order valence-electron chi connectivity index (χ4n) is 15.5. The van der Waals surface area contributed by atoms with Crippen molar-refractivity contribution in [2.75, 3.05) is 0 Å². The van der Waals surface area contributed by atoms with Crippen molar-refractivity contribution in [2.45, 2.75) is 0 Å². The molecule has 18 aromatic carbocycles. The lowest BCUT2D eigenvalue weighted by Gasteiger charge is -2.19. The Hall–Kier alpha value is -10.7. The van der Waals surface area contributed by atoms with Gasteiger partial charge in [-0.25, -0.2) is 0 Å². The maximum atomic E-state index is 2.55. The van der Waals surface area contributed by atoms with Gasteiger partial charge in [-0.15, -0.1) is 0 Å². The van der Waals surface area contributed by atoms with E-state index in [1.807, 2.05) is 0 Å². The summed E-state index contributed by atoms with van der Waals surface area (Å²) in [6.45, 7) is 0.